The van der Waals surface area contributed by atoms with Gasteiger partial charge in [0.05, 0.1) is 0 Å². The molecule has 10 aromatic rings. The molecule has 1 aliphatic carbocycles. The standard InChI is InChI=1S/C51H34S/c1-51(2)45-26-24-33(28-43(45)44-29-34-23-25-41-36-17-10-11-22-47(36)52-50(41)42(34)30-46(44)51)32-15-12-16-35(27-32)49-39-20-8-6-18-37(39)48(31-13-4-3-5-14-31)38-19-7-9-21-40(38)49/h3-30H,1-2H3. The van der Waals surface area contributed by atoms with E-state index in [1.165, 1.54) is 108 Å². The second kappa shape index (κ2) is 11.0. The maximum Gasteiger partial charge on any atom is 0.0433 e. The van der Waals surface area contributed by atoms with E-state index in [0.717, 1.165) is 0 Å². The summed E-state index contributed by atoms with van der Waals surface area (Å²) in [6.07, 6.45) is 0. The van der Waals surface area contributed by atoms with Crippen LogP contribution in [0.15, 0.2) is 170 Å². The Morgan fingerprint density at radius 3 is 1.67 bits per heavy atom. The van der Waals surface area contributed by atoms with Gasteiger partial charge in [-0.15, -0.1) is 11.3 Å². The highest BCUT2D eigenvalue weighted by atomic mass is 32.1. The molecular weight excluding hydrogens is 645 g/mol. The van der Waals surface area contributed by atoms with Crippen molar-refractivity contribution in [3.63, 3.8) is 0 Å². The number of fused-ring (bicyclic) bond motifs is 10. The van der Waals surface area contributed by atoms with Crippen LogP contribution in [0.1, 0.15) is 25.0 Å². The Labute approximate surface area is 307 Å². The summed E-state index contributed by atoms with van der Waals surface area (Å²) in [7, 11) is 0. The van der Waals surface area contributed by atoms with E-state index in [9.17, 15) is 0 Å². The smallest absolute Gasteiger partial charge is 0.0433 e. The van der Waals surface area contributed by atoms with E-state index in [4.69, 9.17) is 0 Å². The van der Waals surface area contributed by atoms with Crippen molar-refractivity contribution in [2.24, 2.45) is 0 Å². The fraction of sp³-hybridized carbons (Fsp3) is 0.0588. The monoisotopic (exact) mass is 678 g/mol. The van der Waals surface area contributed by atoms with Gasteiger partial charge in [0.25, 0.3) is 0 Å². The van der Waals surface area contributed by atoms with Crippen LogP contribution in [0.5, 0.6) is 0 Å². The summed E-state index contributed by atoms with van der Waals surface area (Å²) in [5.41, 5.74) is 13.0. The first-order chi connectivity index (χ1) is 25.5. The fourth-order valence-corrected chi connectivity index (χ4v) is 10.4. The van der Waals surface area contributed by atoms with Crippen molar-refractivity contribution in [3.05, 3.63) is 181 Å². The first kappa shape index (κ1) is 29.7. The molecule has 244 valence electrons. The van der Waals surface area contributed by atoms with E-state index in [1.54, 1.807) is 0 Å². The van der Waals surface area contributed by atoms with Crippen LogP contribution in [0.4, 0.5) is 0 Å². The highest BCUT2D eigenvalue weighted by molar-refractivity contribution is 7.26. The van der Waals surface area contributed by atoms with Gasteiger partial charge in [-0.2, -0.15) is 0 Å². The minimum absolute atomic E-state index is 0.0869. The Morgan fingerprint density at radius 1 is 0.365 bits per heavy atom. The van der Waals surface area contributed by atoms with E-state index in [-0.39, 0.29) is 5.41 Å². The molecule has 1 aromatic heterocycles. The quantitative estimate of drug-likeness (QED) is 0.163. The van der Waals surface area contributed by atoms with Crippen molar-refractivity contribution in [1.82, 2.24) is 0 Å². The van der Waals surface area contributed by atoms with E-state index < -0.39 is 0 Å². The number of hydrogen-bond acceptors (Lipinski definition) is 1. The van der Waals surface area contributed by atoms with Gasteiger partial charge in [-0.3, -0.25) is 0 Å². The molecule has 9 aromatic carbocycles. The predicted octanol–water partition coefficient (Wildman–Crippen LogP) is 14.8. The topological polar surface area (TPSA) is 0 Å². The lowest BCUT2D eigenvalue weighted by Gasteiger charge is -2.22. The highest BCUT2D eigenvalue weighted by Gasteiger charge is 2.36. The number of thiophene rings is 1. The number of benzene rings is 9. The van der Waals surface area contributed by atoms with E-state index in [0.29, 0.717) is 0 Å². The Morgan fingerprint density at radius 2 is 0.942 bits per heavy atom. The molecule has 0 amide bonds. The van der Waals surface area contributed by atoms with Crippen LogP contribution >= 0.6 is 11.3 Å². The summed E-state index contributed by atoms with van der Waals surface area (Å²) in [6.45, 7) is 4.79. The van der Waals surface area contributed by atoms with Crippen LogP contribution in [0.25, 0.3) is 97.0 Å². The third-order valence-corrected chi connectivity index (χ3v) is 12.9. The average molecular weight is 679 g/mol. The summed E-state index contributed by atoms with van der Waals surface area (Å²) in [5, 5.41) is 10.5. The third-order valence-electron chi connectivity index (χ3n) is 11.6. The van der Waals surface area contributed by atoms with E-state index in [1.807, 2.05) is 11.3 Å². The van der Waals surface area contributed by atoms with Crippen molar-refractivity contribution in [2.45, 2.75) is 19.3 Å². The Hall–Kier alpha value is -6.02. The first-order valence-electron chi connectivity index (χ1n) is 18.2. The largest absolute Gasteiger partial charge is 0.135 e. The van der Waals surface area contributed by atoms with Crippen molar-refractivity contribution in [1.29, 1.82) is 0 Å². The van der Waals surface area contributed by atoms with Gasteiger partial charge in [-0.1, -0.05) is 153 Å². The van der Waals surface area contributed by atoms with Gasteiger partial charge in [-0.05, 0) is 118 Å². The van der Waals surface area contributed by atoms with Crippen molar-refractivity contribution < 1.29 is 0 Å². The normalized spacial score (nSPS) is 13.3. The van der Waals surface area contributed by atoms with Crippen molar-refractivity contribution in [3.8, 4) is 44.5 Å². The molecule has 0 nitrogen and oxygen atoms in total. The first-order valence-corrected chi connectivity index (χ1v) is 19.0. The minimum atomic E-state index is -0.0869. The van der Waals surface area contributed by atoms with Gasteiger partial charge in [0.2, 0.25) is 0 Å². The molecule has 0 bridgehead atoms. The number of rotatable bonds is 3. The molecule has 1 aliphatic rings. The Balaban J connectivity index is 1.08. The Kier molecular flexibility index (Phi) is 6.27. The van der Waals surface area contributed by atoms with Crippen molar-refractivity contribution >= 4 is 63.8 Å². The van der Waals surface area contributed by atoms with Gasteiger partial charge in [-0.25, -0.2) is 0 Å². The molecule has 1 heteroatoms. The average Bonchev–Trinajstić information content (AvgIpc) is 3.68. The van der Waals surface area contributed by atoms with Gasteiger partial charge in [0.1, 0.15) is 0 Å². The van der Waals surface area contributed by atoms with E-state index in [2.05, 4.69) is 184 Å². The fourth-order valence-electron chi connectivity index (χ4n) is 9.14. The lowest BCUT2D eigenvalue weighted by molar-refractivity contribution is 0.661. The van der Waals surface area contributed by atoms with Gasteiger partial charge >= 0.3 is 0 Å². The van der Waals surface area contributed by atoms with Crippen molar-refractivity contribution in [2.75, 3.05) is 0 Å². The Bertz CT molecular complexity index is 3030. The zero-order valence-electron chi connectivity index (χ0n) is 29.1. The minimum Gasteiger partial charge on any atom is -0.135 e. The van der Waals surface area contributed by atoms with Crippen LogP contribution in [0, 0.1) is 0 Å². The molecule has 0 N–H and O–H groups in total. The SMILES string of the molecule is CC1(C)c2ccc(-c3cccc(-c4c5ccccc5c(-c5ccccc5)c5ccccc45)c3)cc2-c2cc3ccc4c5ccccc5sc4c3cc21. The second-order valence-corrected chi connectivity index (χ2v) is 15.9. The zero-order chi connectivity index (χ0) is 34.6. The maximum absolute atomic E-state index is 2.50. The summed E-state index contributed by atoms with van der Waals surface area (Å²) >= 11 is 1.92. The van der Waals surface area contributed by atoms with Crippen LogP contribution in [-0.4, -0.2) is 0 Å². The second-order valence-electron chi connectivity index (χ2n) is 14.8. The van der Waals surface area contributed by atoms with E-state index >= 15 is 0 Å². The summed E-state index contributed by atoms with van der Waals surface area (Å²) in [5.74, 6) is 0. The van der Waals surface area contributed by atoms with Crippen LogP contribution in [0.2, 0.25) is 0 Å². The number of hydrogen-bond donors (Lipinski definition) is 0. The highest BCUT2D eigenvalue weighted by Crippen LogP contribution is 2.52. The predicted molar refractivity (Wildman–Crippen MR) is 226 cm³/mol. The molecule has 11 rings (SSSR count). The molecule has 0 aliphatic heterocycles. The summed E-state index contributed by atoms with van der Waals surface area (Å²) in [6, 6.07) is 63.4. The molecule has 0 spiro atoms. The third kappa shape index (κ3) is 4.21. The molecule has 0 radical (unpaired) electrons. The zero-order valence-corrected chi connectivity index (χ0v) is 29.9. The van der Waals surface area contributed by atoms with Crippen LogP contribution < -0.4 is 0 Å². The van der Waals surface area contributed by atoms with Gasteiger partial charge in [0, 0.05) is 25.6 Å². The molecule has 0 unspecified atom stereocenters. The molecule has 0 atom stereocenters. The van der Waals surface area contributed by atoms with Gasteiger partial charge < -0.3 is 0 Å². The lowest BCUT2D eigenvalue weighted by atomic mass is 9.81. The molecule has 1 heterocycles. The molecule has 0 saturated heterocycles. The lowest BCUT2D eigenvalue weighted by Crippen LogP contribution is -2.14. The van der Waals surface area contributed by atoms with Gasteiger partial charge in [0.15, 0.2) is 0 Å². The van der Waals surface area contributed by atoms with Crippen LogP contribution in [-0.2, 0) is 5.41 Å². The van der Waals surface area contributed by atoms with Crippen LogP contribution in [0.3, 0.4) is 0 Å². The molecule has 0 fully saturated rings. The summed E-state index contributed by atoms with van der Waals surface area (Å²) in [4.78, 5) is 0. The maximum atomic E-state index is 2.50. The molecular formula is C51H34S. The molecule has 52 heavy (non-hydrogen) atoms. The summed E-state index contributed by atoms with van der Waals surface area (Å²) < 4.78 is 2.75. The molecule has 0 saturated carbocycles.